The van der Waals surface area contributed by atoms with Crippen molar-refractivity contribution in [2.24, 2.45) is 0 Å². The zero-order valence-corrected chi connectivity index (χ0v) is 7.35. The first-order valence-corrected chi connectivity index (χ1v) is 4.10. The van der Waals surface area contributed by atoms with E-state index in [2.05, 4.69) is 10.2 Å². The Hall–Kier alpha value is -1.35. The van der Waals surface area contributed by atoms with E-state index in [0.29, 0.717) is 16.1 Å². The second-order valence-corrected chi connectivity index (χ2v) is 2.99. The van der Waals surface area contributed by atoms with Gasteiger partial charge in [-0.15, -0.1) is 0 Å². The summed E-state index contributed by atoms with van der Waals surface area (Å²) in [6, 6.07) is 4.59. The number of aromatic amines is 1. The number of hydrogen-bond acceptors (Lipinski definition) is 1. The predicted molar refractivity (Wildman–Crippen MR) is 49.0 cm³/mol. The second kappa shape index (κ2) is 3.18. The van der Waals surface area contributed by atoms with Crippen molar-refractivity contribution in [2.45, 2.75) is 0 Å². The zero-order chi connectivity index (χ0) is 9.26. The van der Waals surface area contributed by atoms with E-state index in [-0.39, 0.29) is 5.82 Å². The summed E-state index contributed by atoms with van der Waals surface area (Å²) in [7, 11) is 0. The van der Waals surface area contributed by atoms with Crippen LogP contribution >= 0.6 is 11.6 Å². The number of H-pyrrole nitrogens is 1. The lowest BCUT2D eigenvalue weighted by Crippen LogP contribution is -1.82. The molecule has 0 saturated heterocycles. The highest BCUT2D eigenvalue weighted by Crippen LogP contribution is 2.29. The van der Waals surface area contributed by atoms with Crippen LogP contribution < -0.4 is 0 Å². The molecule has 0 unspecified atom stereocenters. The molecule has 0 aliphatic heterocycles. The highest BCUT2D eigenvalue weighted by atomic mass is 35.5. The molecule has 1 N–H and O–H groups in total. The molecule has 4 heteroatoms. The van der Waals surface area contributed by atoms with E-state index in [1.54, 1.807) is 18.3 Å². The largest absolute Gasteiger partial charge is 0.285 e. The first-order chi connectivity index (χ1) is 6.29. The maximum absolute atomic E-state index is 13.3. The van der Waals surface area contributed by atoms with Crippen LogP contribution in [0.15, 0.2) is 30.6 Å². The summed E-state index contributed by atoms with van der Waals surface area (Å²) in [4.78, 5) is 0. The van der Waals surface area contributed by atoms with E-state index < -0.39 is 0 Å². The number of aromatic nitrogens is 2. The first kappa shape index (κ1) is 8.26. The van der Waals surface area contributed by atoms with Gasteiger partial charge in [-0.2, -0.15) is 5.10 Å². The third-order valence-electron chi connectivity index (χ3n) is 1.75. The fourth-order valence-corrected chi connectivity index (χ4v) is 1.43. The molecule has 2 nitrogen and oxygen atoms in total. The van der Waals surface area contributed by atoms with Crippen molar-refractivity contribution in [2.75, 3.05) is 0 Å². The van der Waals surface area contributed by atoms with E-state index in [1.807, 2.05) is 0 Å². The topological polar surface area (TPSA) is 28.7 Å². The number of hydrogen-bond donors (Lipinski definition) is 1. The molecule has 0 amide bonds. The minimum Gasteiger partial charge on any atom is -0.285 e. The number of halogens is 2. The molecule has 0 atom stereocenters. The molecule has 1 aromatic heterocycles. The Morgan fingerprint density at radius 1 is 1.38 bits per heavy atom. The molecule has 13 heavy (non-hydrogen) atoms. The number of rotatable bonds is 1. The second-order valence-electron chi connectivity index (χ2n) is 2.58. The van der Waals surface area contributed by atoms with Crippen molar-refractivity contribution in [1.29, 1.82) is 0 Å². The number of nitrogens with one attached hydrogen (secondary N) is 1. The summed E-state index contributed by atoms with van der Waals surface area (Å²) in [6.07, 6.45) is 3.13. The molecule has 0 aliphatic carbocycles. The van der Waals surface area contributed by atoms with E-state index in [0.717, 1.165) is 0 Å². The van der Waals surface area contributed by atoms with Crippen LogP contribution in [0, 0.1) is 5.82 Å². The monoisotopic (exact) mass is 196 g/mol. The lowest BCUT2D eigenvalue weighted by molar-refractivity contribution is 0.631. The molecular formula is C9H6ClFN2. The van der Waals surface area contributed by atoms with Crippen LogP contribution in [0.3, 0.4) is 0 Å². The summed E-state index contributed by atoms with van der Waals surface area (Å²) in [5, 5.41) is 6.73. The Labute approximate surface area is 79.4 Å². The third-order valence-corrected chi connectivity index (χ3v) is 2.06. The van der Waals surface area contributed by atoms with E-state index in [9.17, 15) is 4.39 Å². The molecule has 2 rings (SSSR count). The molecule has 0 bridgehead atoms. The van der Waals surface area contributed by atoms with Crippen LogP contribution in [-0.2, 0) is 0 Å². The summed E-state index contributed by atoms with van der Waals surface area (Å²) in [5.41, 5.74) is 1.04. The van der Waals surface area contributed by atoms with Gasteiger partial charge < -0.3 is 0 Å². The van der Waals surface area contributed by atoms with Gasteiger partial charge in [0.15, 0.2) is 0 Å². The van der Waals surface area contributed by atoms with Crippen molar-refractivity contribution in [3.63, 3.8) is 0 Å². The van der Waals surface area contributed by atoms with Gasteiger partial charge in [-0.25, -0.2) is 4.39 Å². The Balaban J connectivity index is 2.64. The summed E-state index contributed by atoms with van der Waals surface area (Å²) < 4.78 is 13.3. The lowest BCUT2D eigenvalue weighted by atomic mass is 10.1. The van der Waals surface area contributed by atoms with Crippen LogP contribution in [0.25, 0.3) is 11.1 Å². The van der Waals surface area contributed by atoms with Crippen LogP contribution in [0.4, 0.5) is 4.39 Å². The van der Waals surface area contributed by atoms with Crippen molar-refractivity contribution in [3.05, 3.63) is 41.4 Å². The molecule has 0 radical (unpaired) electrons. The quantitative estimate of drug-likeness (QED) is 0.747. The Bertz CT molecular complexity index is 391. The van der Waals surface area contributed by atoms with Gasteiger partial charge in [-0.1, -0.05) is 17.7 Å². The van der Waals surface area contributed by atoms with Crippen LogP contribution in [0.1, 0.15) is 0 Å². The van der Waals surface area contributed by atoms with Gasteiger partial charge in [0, 0.05) is 17.3 Å². The maximum atomic E-state index is 13.3. The average molecular weight is 197 g/mol. The maximum Gasteiger partial charge on any atom is 0.132 e. The van der Waals surface area contributed by atoms with Crippen molar-refractivity contribution in [1.82, 2.24) is 10.2 Å². The molecule has 0 fully saturated rings. The van der Waals surface area contributed by atoms with Gasteiger partial charge in [0.2, 0.25) is 0 Å². The van der Waals surface area contributed by atoms with Gasteiger partial charge in [-0.05, 0) is 12.1 Å². The Morgan fingerprint density at radius 3 is 2.85 bits per heavy atom. The fourth-order valence-electron chi connectivity index (χ4n) is 1.16. The Morgan fingerprint density at radius 2 is 2.23 bits per heavy atom. The summed E-state index contributed by atoms with van der Waals surface area (Å²) >= 11 is 5.84. The molecule has 2 aromatic rings. The van der Waals surface area contributed by atoms with Gasteiger partial charge in [0.05, 0.1) is 11.2 Å². The van der Waals surface area contributed by atoms with Crippen LogP contribution in [-0.4, -0.2) is 10.2 Å². The van der Waals surface area contributed by atoms with Crippen LogP contribution in [0.2, 0.25) is 5.02 Å². The SMILES string of the molecule is Fc1cccc(Cl)c1-c1cn[nH]c1. The highest BCUT2D eigenvalue weighted by molar-refractivity contribution is 6.33. The number of benzene rings is 1. The van der Waals surface area contributed by atoms with Gasteiger partial charge >= 0.3 is 0 Å². The molecule has 0 aliphatic rings. The molecule has 1 heterocycles. The highest BCUT2D eigenvalue weighted by Gasteiger charge is 2.09. The molecule has 0 spiro atoms. The molecule has 66 valence electrons. The fraction of sp³-hybridized carbons (Fsp3) is 0. The molecular weight excluding hydrogens is 191 g/mol. The predicted octanol–water partition coefficient (Wildman–Crippen LogP) is 2.87. The van der Waals surface area contributed by atoms with Crippen molar-refractivity contribution in [3.8, 4) is 11.1 Å². The van der Waals surface area contributed by atoms with E-state index >= 15 is 0 Å². The normalized spacial score (nSPS) is 10.3. The average Bonchev–Trinajstić information content (AvgIpc) is 2.57. The lowest BCUT2D eigenvalue weighted by Gasteiger charge is -2.01. The number of nitrogens with zero attached hydrogens (tertiary/aromatic N) is 1. The summed E-state index contributed by atoms with van der Waals surface area (Å²) in [5.74, 6) is -0.339. The van der Waals surface area contributed by atoms with Crippen LogP contribution in [0.5, 0.6) is 0 Å². The van der Waals surface area contributed by atoms with Crippen molar-refractivity contribution < 1.29 is 4.39 Å². The summed E-state index contributed by atoms with van der Waals surface area (Å²) in [6.45, 7) is 0. The van der Waals surface area contributed by atoms with E-state index in [4.69, 9.17) is 11.6 Å². The first-order valence-electron chi connectivity index (χ1n) is 3.72. The zero-order valence-electron chi connectivity index (χ0n) is 6.59. The van der Waals surface area contributed by atoms with Crippen molar-refractivity contribution >= 4 is 11.6 Å². The standard InChI is InChI=1S/C9H6ClFN2/c10-7-2-1-3-8(11)9(7)6-4-12-13-5-6/h1-5H,(H,12,13). The van der Waals surface area contributed by atoms with E-state index in [1.165, 1.54) is 12.3 Å². The third kappa shape index (κ3) is 1.42. The Kier molecular flexibility index (Phi) is 2.02. The minimum absolute atomic E-state index is 0.339. The van der Waals surface area contributed by atoms with Gasteiger partial charge in [0.1, 0.15) is 5.82 Å². The molecule has 1 aromatic carbocycles. The van der Waals surface area contributed by atoms with Gasteiger partial charge in [-0.3, -0.25) is 5.10 Å². The van der Waals surface area contributed by atoms with Gasteiger partial charge in [0.25, 0.3) is 0 Å². The minimum atomic E-state index is -0.339. The smallest absolute Gasteiger partial charge is 0.132 e. The molecule has 0 saturated carbocycles.